The number of aliphatic carboxylic acids is 2. The maximum Gasteiger partial charge on any atom is 0.327 e. The number of primary amides is 1. The minimum Gasteiger partial charge on any atom is -0.508 e. The zero-order valence-electron chi connectivity index (χ0n) is 57.4. The van der Waals surface area contributed by atoms with Gasteiger partial charge in [0.25, 0.3) is 0 Å². The second kappa shape index (κ2) is 43.9. The number of carboxylic acids is 2. The summed E-state index contributed by atoms with van der Waals surface area (Å²) < 4.78 is 1.39. The molecule has 2 aliphatic rings. The Balaban J connectivity index is 1.44. The van der Waals surface area contributed by atoms with Crippen molar-refractivity contribution in [1.82, 2.24) is 63.4 Å². The molecular weight excluding hydrogens is 1520 g/mol. The molecule has 1 saturated heterocycles. The first kappa shape index (κ1) is 87.3. The van der Waals surface area contributed by atoms with E-state index in [9.17, 15) is 97.5 Å². The highest BCUT2D eigenvalue weighted by Gasteiger charge is 2.40. The molecule has 1 heterocycles. The van der Waals surface area contributed by atoms with Gasteiger partial charge in [-0.1, -0.05) is 41.9 Å². The molecule has 104 heavy (non-hydrogen) atoms. The van der Waals surface area contributed by atoms with Crippen molar-refractivity contribution >= 4 is 144 Å². The molecule has 2 fully saturated rings. The van der Waals surface area contributed by atoms with Crippen molar-refractivity contribution in [3.63, 3.8) is 0 Å². The van der Waals surface area contributed by atoms with Gasteiger partial charge in [-0.15, -0.1) is 11.8 Å². The smallest absolute Gasteiger partial charge is 0.327 e. The first-order chi connectivity index (χ1) is 49.1. The number of carbonyl (C=O) groups excluding carboxylic acids is 13. The van der Waals surface area contributed by atoms with Crippen LogP contribution in [0, 0.1) is 11.3 Å². The molecule has 4 rings (SSSR count). The molecule has 0 radical (unpaired) electrons. The molecule has 0 aromatic heterocycles. The van der Waals surface area contributed by atoms with Gasteiger partial charge < -0.3 is 107 Å². The number of imide groups is 1. The first-order valence-corrected chi connectivity index (χ1v) is 35.9. The van der Waals surface area contributed by atoms with Crippen LogP contribution in [-0.4, -0.2) is 229 Å². The fourth-order valence-corrected chi connectivity index (χ4v) is 13.3. The zero-order chi connectivity index (χ0) is 77.5. The van der Waals surface area contributed by atoms with E-state index in [0.29, 0.717) is 29.5 Å². The minimum atomic E-state index is -2.04. The van der Waals surface area contributed by atoms with Crippen LogP contribution in [0.2, 0.25) is 0 Å². The van der Waals surface area contributed by atoms with Crippen molar-refractivity contribution in [1.29, 1.82) is 5.41 Å². The second-order valence-electron chi connectivity index (χ2n) is 25.2. The SMILES string of the molecule is CC(C)CC(NC(=O)C(CCCNC(=N)N)NC(=O)C(CCC(N)=O)NC(=O)C(Cc1ccc(O)cc1)NC(=O)C(CC(=O)O)NC(=O)C(CO)NC(=O)C(C)NC(=O)CN)C(=O)NCC(=O)NC(CSC1CC(=O)N(CCCC(=O)Nc2c(Br)cc(Br)cc2CN[C@H]2CC[C@H](O)CC2)C1=O)C(=O)O. The molecular formula is C64H93Br2N17O20S. The van der Waals surface area contributed by atoms with Gasteiger partial charge in [-0.2, -0.15) is 0 Å². The van der Waals surface area contributed by atoms with Crippen LogP contribution in [0.15, 0.2) is 45.3 Å². The molecule has 37 nitrogen and oxygen atoms in total. The number of hydrogen-bond donors (Lipinski definition) is 21. The van der Waals surface area contributed by atoms with Gasteiger partial charge in [0.15, 0.2) is 5.96 Å². The van der Waals surface area contributed by atoms with Gasteiger partial charge in [-0.05, 0) is 122 Å². The molecule has 1 aliphatic carbocycles. The van der Waals surface area contributed by atoms with Crippen LogP contribution < -0.4 is 81.0 Å². The van der Waals surface area contributed by atoms with Crippen molar-refractivity contribution in [2.24, 2.45) is 23.1 Å². The Morgan fingerprint density at radius 2 is 1.26 bits per heavy atom. The fraction of sp³-hybridized carbons (Fsp3) is 0.562. The number of halogens is 2. The number of rotatable bonds is 44. The maximum atomic E-state index is 14.4. The van der Waals surface area contributed by atoms with Gasteiger partial charge in [0, 0.05) is 66.1 Å². The van der Waals surface area contributed by atoms with E-state index in [1.54, 1.807) is 19.9 Å². The van der Waals surface area contributed by atoms with Crippen molar-refractivity contribution in [3.05, 3.63) is 56.5 Å². The number of amides is 13. The molecule has 1 saturated carbocycles. The summed E-state index contributed by atoms with van der Waals surface area (Å²) in [5.74, 6) is -16.8. The lowest BCUT2D eigenvalue weighted by molar-refractivity contribution is -0.142. The van der Waals surface area contributed by atoms with E-state index in [2.05, 4.69) is 95.7 Å². The first-order valence-electron chi connectivity index (χ1n) is 33.3. The quantitative estimate of drug-likeness (QED) is 0.0131. The van der Waals surface area contributed by atoms with Crippen LogP contribution >= 0.6 is 43.6 Å². The lowest BCUT2D eigenvalue weighted by Crippen LogP contribution is -2.61. The molecule has 0 bridgehead atoms. The highest BCUT2D eigenvalue weighted by molar-refractivity contribution is 9.11. The number of carboxylic acid groups (broad SMARTS) is 2. The van der Waals surface area contributed by atoms with Crippen LogP contribution in [0.1, 0.15) is 115 Å². The lowest BCUT2D eigenvalue weighted by Gasteiger charge is -2.28. The van der Waals surface area contributed by atoms with E-state index in [-0.39, 0.29) is 86.9 Å². The van der Waals surface area contributed by atoms with E-state index in [0.717, 1.165) is 39.5 Å². The minimum absolute atomic E-state index is 0.00189. The predicted molar refractivity (Wildman–Crippen MR) is 381 cm³/mol. The van der Waals surface area contributed by atoms with Crippen LogP contribution in [-0.2, 0) is 84.9 Å². The van der Waals surface area contributed by atoms with Crippen molar-refractivity contribution in [2.45, 2.75) is 183 Å². The number of benzene rings is 2. The number of guanidine groups is 1. The van der Waals surface area contributed by atoms with Crippen LogP contribution in [0.5, 0.6) is 5.75 Å². The fourth-order valence-electron chi connectivity index (χ4n) is 10.7. The Morgan fingerprint density at radius 3 is 1.86 bits per heavy atom. The molecule has 9 unspecified atom stereocenters. The topological polar surface area (TPSA) is 607 Å². The Labute approximate surface area is 619 Å². The maximum absolute atomic E-state index is 14.4. The Hall–Kier alpha value is -9.09. The van der Waals surface area contributed by atoms with E-state index >= 15 is 0 Å². The van der Waals surface area contributed by atoms with Gasteiger partial charge in [-0.3, -0.25) is 77.4 Å². The predicted octanol–water partition coefficient (Wildman–Crippen LogP) is -3.77. The summed E-state index contributed by atoms with van der Waals surface area (Å²) in [7, 11) is 0. The third-order valence-electron chi connectivity index (χ3n) is 16.3. The summed E-state index contributed by atoms with van der Waals surface area (Å²) in [5.41, 5.74) is 17.8. The number of phenols is 1. The third kappa shape index (κ3) is 30.7. The molecule has 0 spiro atoms. The summed E-state index contributed by atoms with van der Waals surface area (Å²) in [6, 6.07) is -4.46. The highest BCUT2D eigenvalue weighted by Crippen LogP contribution is 2.32. The normalized spacial score (nSPS) is 17.2. The number of carbonyl (C=O) groups is 15. The van der Waals surface area contributed by atoms with E-state index in [1.165, 1.54) is 31.2 Å². The number of likely N-dealkylation sites (tertiary alicyclic amines) is 1. The monoisotopic (exact) mass is 1610 g/mol. The molecule has 574 valence electrons. The second-order valence-corrected chi connectivity index (χ2v) is 28.2. The number of nitrogens with one attached hydrogen (secondary N) is 13. The lowest BCUT2D eigenvalue weighted by atomic mass is 9.93. The van der Waals surface area contributed by atoms with Crippen LogP contribution in [0.25, 0.3) is 0 Å². The van der Waals surface area contributed by atoms with E-state index < -0.39 is 194 Å². The van der Waals surface area contributed by atoms with Gasteiger partial charge in [0.2, 0.25) is 76.8 Å². The summed E-state index contributed by atoms with van der Waals surface area (Å²) in [6.07, 6.45) is -0.693. The van der Waals surface area contributed by atoms with E-state index in [1.807, 2.05) is 6.07 Å². The molecule has 1 aliphatic heterocycles. The van der Waals surface area contributed by atoms with Gasteiger partial charge in [0.1, 0.15) is 54.1 Å². The van der Waals surface area contributed by atoms with Crippen molar-refractivity contribution in [2.75, 3.05) is 43.9 Å². The van der Waals surface area contributed by atoms with Crippen LogP contribution in [0.4, 0.5) is 5.69 Å². The largest absolute Gasteiger partial charge is 0.508 e. The standard InChI is InChI=1S/C64H93Br2N17O20S/c1-31(2)20-42(56(95)73-28-51(90)75-46(63(102)103)30-104-47-25-52(91)83(62(47)101)19-5-7-49(88)82-54-34(22-35(65)23-39(54)66)27-72-36-10-14-38(86)15-11-36)78-57(96)40(6-4-18-71-64(69)70)76-58(97)41(16-17-48(68)87)77-59(98)43(21-33-8-12-37(85)13-9-33)79-60(99)44(24-53(92)93)80-61(100)45(29-84)81-55(94)32(3)74-50(89)26-67/h8-9,12-13,22-23,31-32,36,38,40-47,72,84-86H,4-7,10-11,14-21,24-30,67H2,1-3H3,(H2,68,87)(H,73,95)(H,74,89)(H,75,90)(H,76,97)(H,77,98)(H,78,96)(H,79,99)(H,80,100)(H,81,94)(H,82,88)(H,92,93)(H,102,103)(H4,69,70,71)/t32?,36-,38-,40?,41?,42?,43?,44?,45?,46?,47?. The molecule has 40 heteroatoms. The van der Waals surface area contributed by atoms with Gasteiger partial charge in [-0.25, -0.2) is 4.79 Å². The molecule has 2 aromatic rings. The Morgan fingerprint density at radius 1 is 0.673 bits per heavy atom. The van der Waals surface area contributed by atoms with Crippen LogP contribution in [0.3, 0.4) is 0 Å². The number of phenolic OH excluding ortho intramolecular Hbond substituents is 1. The highest BCUT2D eigenvalue weighted by atomic mass is 79.9. The number of nitrogens with two attached hydrogens (primary N) is 3. The summed E-state index contributed by atoms with van der Waals surface area (Å²) in [4.78, 5) is 200. The van der Waals surface area contributed by atoms with Crippen molar-refractivity contribution in [3.8, 4) is 5.75 Å². The van der Waals surface area contributed by atoms with E-state index in [4.69, 9.17) is 22.6 Å². The molecule has 24 N–H and O–H groups in total. The van der Waals surface area contributed by atoms with Crippen molar-refractivity contribution < 1.29 is 97.5 Å². The average molecular weight is 1610 g/mol. The number of hydrogen-bond acceptors (Lipinski definition) is 22. The average Bonchev–Trinajstić information content (AvgIpc) is 1.19. The third-order valence-corrected chi connectivity index (χ3v) is 18.6. The number of aliphatic hydroxyl groups is 2. The molecule has 9 atom stereocenters. The summed E-state index contributed by atoms with van der Waals surface area (Å²) in [6.45, 7) is 2.45. The number of thioether (sulfide) groups is 1. The zero-order valence-corrected chi connectivity index (χ0v) is 61.4. The number of aromatic hydroxyl groups is 1. The summed E-state index contributed by atoms with van der Waals surface area (Å²) >= 11 is 7.82. The number of aliphatic hydroxyl groups excluding tert-OH is 2. The Bertz CT molecular complexity index is 3420. The number of nitrogens with zero attached hydrogens (tertiary/aromatic N) is 1. The Kier molecular flexibility index (Phi) is 36.8. The van der Waals surface area contributed by atoms with Gasteiger partial charge >= 0.3 is 11.9 Å². The number of anilines is 1. The molecule has 13 amide bonds. The summed E-state index contributed by atoms with van der Waals surface area (Å²) in [5, 5.41) is 86.1. The molecule has 2 aromatic carbocycles. The van der Waals surface area contributed by atoms with Gasteiger partial charge in [0.05, 0.1) is 43.2 Å².